The number of carbonyl (C=O) groups is 1. The minimum atomic E-state index is -3.72. The van der Waals surface area contributed by atoms with Gasteiger partial charge >= 0.3 is 0 Å². The van der Waals surface area contributed by atoms with Gasteiger partial charge in [-0.25, -0.2) is 8.42 Å². The molecule has 1 saturated heterocycles. The zero-order valence-corrected chi connectivity index (χ0v) is 16.8. The van der Waals surface area contributed by atoms with Gasteiger partial charge in [-0.1, -0.05) is 6.07 Å². The van der Waals surface area contributed by atoms with Crippen LogP contribution in [0.25, 0.3) is 0 Å². The first kappa shape index (κ1) is 18.8. The van der Waals surface area contributed by atoms with Crippen molar-refractivity contribution in [2.75, 3.05) is 34.6 Å². The molecule has 1 amide bonds. The molecule has 0 spiro atoms. The van der Waals surface area contributed by atoms with Gasteiger partial charge in [-0.2, -0.15) is 0 Å². The van der Waals surface area contributed by atoms with E-state index in [1.807, 2.05) is 26.0 Å². The summed E-state index contributed by atoms with van der Waals surface area (Å²) < 4.78 is 28.3. The lowest BCUT2D eigenvalue weighted by molar-refractivity contribution is -0.116. The van der Waals surface area contributed by atoms with Crippen molar-refractivity contribution in [1.82, 2.24) is 5.32 Å². The van der Waals surface area contributed by atoms with Gasteiger partial charge in [0.15, 0.2) is 0 Å². The number of rotatable bonds is 3. The average Bonchev–Trinajstić information content (AvgIpc) is 2.75. The largest absolute Gasteiger partial charge is 0.364 e. The SMILES string of the molecule is Cc1cc(C)cc(S(=O)(=O)Nc2ccc3c(c2)NC(=O)CC2CNCCN32)c1. The predicted octanol–water partition coefficient (Wildman–Crippen LogP) is 2.22. The van der Waals surface area contributed by atoms with Gasteiger partial charge in [0.05, 0.1) is 28.0 Å². The van der Waals surface area contributed by atoms with Gasteiger partial charge in [0.2, 0.25) is 5.91 Å². The Bertz CT molecular complexity index is 1020. The average molecular weight is 401 g/mol. The van der Waals surface area contributed by atoms with Crippen LogP contribution in [0, 0.1) is 13.8 Å². The molecule has 0 aliphatic carbocycles. The quantitative estimate of drug-likeness (QED) is 0.735. The maximum atomic E-state index is 12.8. The predicted molar refractivity (Wildman–Crippen MR) is 110 cm³/mol. The van der Waals surface area contributed by atoms with Crippen LogP contribution >= 0.6 is 0 Å². The lowest BCUT2D eigenvalue weighted by Crippen LogP contribution is -2.51. The van der Waals surface area contributed by atoms with E-state index < -0.39 is 10.0 Å². The normalized spacial score (nSPS) is 19.3. The summed E-state index contributed by atoms with van der Waals surface area (Å²) in [5.41, 5.74) is 3.76. The molecule has 28 heavy (non-hydrogen) atoms. The Balaban J connectivity index is 1.66. The topological polar surface area (TPSA) is 90.5 Å². The number of benzene rings is 2. The molecule has 2 aromatic carbocycles. The first-order chi connectivity index (χ1) is 13.3. The van der Waals surface area contributed by atoms with Gasteiger partial charge < -0.3 is 15.5 Å². The fourth-order valence-corrected chi connectivity index (χ4v) is 5.17. The van der Waals surface area contributed by atoms with Crippen molar-refractivity contribution in [3.05, 3.63) is 47.5 Å². The number of nitrogens with one attached hydrogen (secondary N) is 3. The molecule has 0 bridgehead atoms. The molecule has 7 nitrogen and oxygen atoms in total. The van der Waals surface area contributed by atoms with Crippen molar-refractivity contribution in [3.8, 4) is 0 Å². The van der Waals surface area contributed by atoms with Gasteiger partial charge in [0, 0.05) is 26.1 Å². The lowest BCUT2D eigenvalue weighted by atomic mass is 10.1. The minimum Gasteiger partial charge on any atom is -0.364 e. The third-order valence-electron chi connectivity index (χ3n) is 5.11. The molecule has 1 unspecified atom stereocenters. The molecule has 0 saturated carbocycles. The van der Waals surface area contributed by atoms with Crippen LogP contribution in [0.1, 0.15) is 17.5 Å². The number of anilines is 3. The van der Waals surface area contributed by atoms with Crippen molar-refractivity contribution in [2.45, 2.75) is 31.2 Å². The maximum absolute atomic E-state index is 12.8. The van der Waals surface area contributed by atoms with E-state index in [0.717, 1.165) is 36.4 Å². The van der Waals surface area contributed by atoms with Crippen molar-refractivity contribution >= 4 is 33.0 Å². The van der Waals surface area contributed by atoms with E-state index in [1.54, 1.807) is 24.3 Å². The fraction of sp³-hybridized carbons (Fsp3) is 0.350. The van der Waals surface area contributed by atoms with E-state index in [4.69, 9.17) is 0 Å². The molecule has 4 rings (SSSR count). The first-order valence-electron chi connectivity index (χ1n) is 9.34. The fourth-order valence-electron chi connectivity index (χ4n) is 3.93. The number of fused-ring (bicyclic) bond motifs is 3. The molecule has 2 aromatic rings. The number of aryl methyl sites for hydroxylation is 2. The highest BCUT2D eigenvalue weighted by atomic mass is 32.2. The highest BCUT2D eigenvalue weighted by Crippen LogP contribution is 2.34. The number of piperazine rings is 1. The highest BCUT2D eigenvalue weighted by Gasteiger charge is 2.30. The van der Waals surface area contributed by atoms with Crippen molar-refractivity contribution in [3.63, 3.8) is 0 Å². The van der Waals surface area contributed by atoms with E-state index in [1.165, 1.54) is 0 Å². The first-order valence-corrected chi connectivity index (χ1v) is 10.8. The molecule has 1 atom stereocenters. The minimum absolute atomic E-state index is 0.0632. The Hall–Kier alpha value is -2.58. The number of nitrogens with zero attached hydrogens (tertiary/aromatic N) is 1. The van der Waals surface area contributed by atoms with Gasteiger partial charge in [-0.05, 0) is 55.3 Å². The smallest absolute Gasteiger partial charge is 0.261 e. The third kappa shape index (κ3) is 3.70. The second kappa shape index (κ2) is 7.10. The van der Waals surface area contributed by atoms with Gasteiger partial charge in [0.1, 0.15) is 0 Å². The number of hydrogen-bond donors (Lipinski definition) is 3. The summed E-state index contributed by atoms with van der Waals surface area (Å²) in [6.45, 7) is 6.15. The number of sulfonamides is 1. The van der Waals surface area contributed by atoms with Gasteiger partial charge in [-0.15, -0.1) is 0 Å². The Morgan fingerprint density at radius 2 is 1.86 bits per heavy atom. The Labute approximate surface area is 165 Å². The van der Waals surface area contributed by atoms with E-state index in [-0.39, 0.29) is 16.8 Å². The summed E-state index contributed by atoms with van der Waals surface area (Å²) in [5.74, 6) is -0.0632. The summed E-state index contributed by atoms with van der Waals surface area (Å²) in [6.07, 6.45) is 0.408. The molecule has 2 aliphatic heterocycles. The molecular weight excluding hydrogens is 376 g/mol. The summed E-state index contributed by atoms with van der Waals surface area (Å²) >= 11 is 0. The Morgan fingerprint density at radius 3 is 2.61 bits per heavy atom. The summed E-state index contributed by atoms with van der Waals surface area (Å²) in [7, 11) is -3.72. The zero-order valence-electron chi connectivity index (χ0n) is 16.0. The molecule has 148 valence electrons. The maximum Gasteiger partial charge on any atom is 0.261 e. The molecular formula is C20H24N4O3S. The number of amides is 1. The Morgan fingerprint density at radius 1 is 1.11 bits per heavy atom. The number of hydrogen-bond acceptors (Lipinski definition) is 5. The summed E-state index contributed by atoms with van der Waals surface area (Å²) in [4.78, 5) is 14.7. The second-order valence-electron chi connectivity index (χ2n) is 7.46. The zero-order chi connectivity index (χ0) is 19.9. The van der Waals surface area contributed by atoms with Crippen LogP contribution in [-0.4, -0.2) is 40.0 Å². The molecule has 8 heteroatoms. The molecule has 3 N–H and O–H groups in total. The molecule has 2 heterocycles. The van der Waals surface area contributed by atoms with Crippen LogP contribution in [0.2, 0.25) is 0 Å². The molecule has 1 fully saturated rings. The molecule has 0 aromatic heterocycles. The van der Waals surface area contributed by atoms with Crippen molar-refractivity contribution < 1.29 is 13.2 Å². The Kier molecular flexibility index (Phi) is 4.76. The van der Waals surface area contributed by atoms with Crippen LogP contribution < -0.4 is 20.3 Å². The van der Waals surface area contributed by atoms with E-state index in [2.05, 4.69) is 20.3 Å². The van der Waals surface area contributed by atoms with E-state index in [0.29, 0.717) is 17.8 Å². The third-order valence-corrected chi connectivity index (χ3v) is 6.47. The standard InChI is InChI=1S/C20H24N4O3S/c1-13-7-14(2)9-17(8-13)28(26,27)23-15-3-4-19-18(10-15)22-20(25)11-16-12-21-5-6-24(16)19/h3-4,7-10,16,21,23H,5-6,11-12H2,1-2H3,(H,22,25). The van der Waals surface area contributed by atoms with Crippen LogP contribution in [0.15, 0.2) is 41.3 Å². The highest BCUT2D eigenvalue weighted by molar-refractivity contribution is 7.92. The monoisotopic (exact) mass is 400 g/mol. The lowest BCUT2D eigenvalue weighted by Gasteiger charge is -2.36. The molecule has 2 aliphatic rings. The second-order valence-corrected chi connectivity index (χ2v) is 9.15. The van der Waals surface area contributed by atoms with Crippen molar-refractivity contribution in [2.24, 2.45) is 0 Å². The number of carbonyl (C=O) groups excluding carboxylic acids is 1. The van der Waals surface area contributed by atoms with Gasteiger partial charge in [-0.3, -0.25) is 9.52 Å². The van der Waals surface area contributed by atoms with Crippen LogP contribution in [-0.2, 0) is 14.8 Å². The van der Waals surface area contributed by atoms with Crippen LogP contribution in [0.3, 0.4) is 0 Å². The molecule has 0 radical (unpaired) electrons. The van der Waals surface area contributed by atoms with Gasteiger partial charge in [0.25, 0.3) is 10.0 Å². The van der Waals surface area contributed by atoms with E-state index >= 15 is 0 Å². The van der Waals surface area contributed by atoms with Crippen molar-refractivity contribution in [1.29, 1.82) is 0 Å². The van der Waals surface area contributed by atoms with E-state index in [9.17, 15) is 13.2 Å². The van der Waals surface area contributed by atoms with Crippen LogP contribution in [0.4, 0.5) is 17.1 Å². The van der Waals surface area contributed by atoms with Crippen LogP contribution in [0.5, 0.6) is 0 Å². The summed E-state index contributed by atoms with van der Waals surface area (Å²) in [6, 6.07) is 10.6. The summed E-state index contributed by atoms with van der Waals surface area (Å²) in [5, 5.41) is 6.24.